The lowest BCUT2D eigenvalue weighted by molar-refractivity contribution is 0.171. The number of urea groups is 1. The van der Waals surface area contributed by atoms with Crippen molar-refractivity contribution in [3.05, 3.63) is 58.1 Å². The van der Waals surface area contributed by atoms with Crippen LogP contribution in [0.1, 0.15) is 18.9 Å². The molecule has 0 unspecified atom stereocenters. The molecule has 0 spiro atoms. The van der Waals surface area contributed by atoms with E-state index in [-0.39, 0.29) is 17.6 Å². The van der Waals surface area contributed by atoms with Crippen LogP contribution in [0.25, 0.3) is 10.9 Å². The zero-order valence-electron chi connectivity index (χ0n) is 16.7. The van der Waals surface area contributed by atoms with Crippen molar-refractivity contribution in [1.82, 2.24) is 14.5 Å². The number of carbonyl (C=O) groups is 1. The standard InChI is InChI=1S/C22H21ClN4O4/c23-14-1-3-18-17(11-14)21(28)27(13-24-18)16-5-7-26(8-6-16)22(29)25-15-2-4-19-20(12-15)31-10-9-30-19/h1-4,11-13,16H,5-10H2,(H,25,29). The fraction of sp³-hybridized carbons (Fsp3) is 0.318. The van der Waals surface area contributed by atoms with Gasteiger partial charge < -0.3 is 19.7 Å². The van der Waals surface area contributed by atoms with Crippen LogP contribution in [0.4, 0.5) is 10.5 Å². The second-order valence-corrected chi connectivity index (χ2v) is 8.06. The Kier molecular flexibility index (Phi) is 5.15. The lowest BCUT2D eigenvalue weighted by Gasteiger charge is -2.32. The van der Waals surface area contributed by atoms with Crippen LogP contribution in [0.5, 0.6) is 11.5 Å². The van der Waals surface area contributed by atoms with E-state index in [2.05, 4.69) is 10.3 Å². The first-order valence-corrected chi connectivity index (χ1v) is 10.6. The fourth-order valence-corrected chi connectivity index (χ4v) is 4.21. The summed E-state index contributed by atoms with van der Waals surface area (Å²) in [7, 11) is 0. The molecule has 2 aliphatic rings. The molecule has 0 radical (unpaired) electrons. The normalized spacial score (nSPS) is 16.4. The Balaban J connectivity index is 1.25. The molecular weight excluding hydrogens is 420 g/mol. The first kappa shape index (κ1) is 19.7. The van der Waals surface area contributed by atoms with Crippen LogP contribution in [0.3, 0.4) is 0 Å². The van der Waals surface area contributed by atoms with Crippen LogP contribution >= 0.6 is 11.6 Å². The number of rotatable bonds is 2. The number of likely N-dealkylation sites (tertiary alicyclic amines) is 1. The van der Waals surface area contributed by atoms with Crippen LogP contribution in [-0.2, 0) is 0 Å². The third kappa shape index (κ3) is 3.90. The van der Waals surface area contributed by atoms with E-state index in [1.807, 2.05) is 0 Å². The number of amides is 2. The number of nitrogens with zero attached hydrogens (tertiary/aromatic N) is 3. The summed E-state index contributed by atoms with van der Waals surface area (Å²) in [5.41, 5.74) is 1.18. The number of piperidine rings is 1. The number of nitrogens with one attached hydrogen (secondary N) is 1. The summed E-state index contributed by atoms with van der Waals surface area (Å²) in [6, 6.07) is 10.3. The minimum absolute atomic E-state index is 0.0123. The summed E-state index contributed by atoms with van der Waals surface area (Å²) in [6.45, 7) is 2.10. The van der Waals surface area contributed by atoms with Gasteiger partial charge in [-0.15, -0.1) is 0 Å². The largest absolute Gasteiger partial charge is 0.486 e. The van der Waals surface area contributed by atoms with Gasteiger partial charge in [0.25, 0.3) is 5.56 Å². The maximum atomic E-state index is 12.9. The monoisotopic (exact) mass is 440 g/mol. The Labute approximate surface area is 183 Å². The molecule has 2 aromatic carbocycles. The van der Waals surface area contributed by atoms with E-state index < -0.39 is 0 Å². The van der Waals surface area contributed by atoms with Crippen LogP contribution < -0.4 is 20.3 Å². The molecule has 1 aromatic heterocycles. The predicted octanol–water partition coefficient (Wildman–Crippen LogP) is 3.69. The molecule has 5 rings (SSSR count). The van der Waals surface area contributed by atoms with Crippen molar-refractivity contribution in [3.63, 3.8) is 0 Å². The molecule has 1 fully saturated rings. The van der Waals surface area contributed by atoms with E-state index in [1.54, 1.807) is 52.2 Å². The number of halogens is 1. The molecular formula is C22H21ClN4O4. The van der Waals surface area contributed by atoms with E-state index in [0.29, 0.717) is 72.3 Å². The maximum Gasteiger partial charge on any atom is 0.321 e. The molecule has 2 amide bonds. The molecule has 1 N–H and O–H groups in total. The Morgan fingerprint density at radius 1 is 1.06 bits per heavy atom. The van der Waals surface area contributed by atoms with Gasteiger partial charge in [0.05, 0.1) is 17.2 Å². The Bertz CT molecular complexity index is 1200. The summed E-state index contributed by atoms with van der Waals surface area (Å²) >= 11 is 6.05. The Morgan fingerprint density at radius 3 is 2.65 bits per heavy atom. The number of benzene rings is 2. The lowest BCUT2D eigenvalue weighted by Crippen LogP contribution is -2.42. The van der Waals surface area contributed by atoms with Gasteiger partial charge in [-0.3, -0.25) is 9.36 Å². The molecule has 0 atom stereocenters. The molecule has 2 aliphatic heterocycles. The minimum atomic E-state index is -0.175. The third-order valence-electron chi connectivity index (χ3n) is 5.68. The molecule has 160 valence electrons. The van der Waals surface area contributed by atoms with Crippen molar-refractivity contribution in [2.75, 3.05) is 31.6 Å². The number of fused-ring (bicyclic) bond motifs is 2. The van der Waals surface area contributed by atoms with Gasteiger partial charge in [0, 0.05) is 35.9 Å². The Hall–Kier alpha value is -3.26. The molecule has 0 aliphatic carbocycles. The van der Waals surface area contributed by atoms with Crippen molar-refractivity contribution in [3.8, 4) is 11.5 Å². The fourth-order valence-electron chi connectivity index (χ4n) is 4.04. The predicted molar refractivity (Wildman–Crippen MR) is 117 cm³/mol. The quantitative estimate of drug-likeness (QED) is 0.656. The highest BCUT2D eigenvalue weighted by Gasteiger charge is 2.25. The lowest BCUT2D eigenvalue weighted by atomic mass is 10.0. The molecule has 0 bridgehead atoms. The van der Waals surface area contributed by atoms with Gasteiger partial charge in [-0.25, -0.2) is 9.78 Å². The first-order valence-electron chi connectivity index (χ1n) is 10.2. The van der Waals surface area contributed by atoms with Crippen molar-refractivity contribution < 1.29 is 14.3 Å². The van der Waals surface area contributed by atoms with Gasteiger partial charge >= 0.3 is 6.03 Å². The molecule has 9 heteroatoms. The summed E-state index contributed by atoms with van der Waals surface area (Å²) < 4.78 is 12.7. The number of aromatic nitrogens is 2. The highest BCUT2D eigenvalue weighted by atomic mass is 35.5. The Morgan fingerprint density at radius 2 is 1.84 bits per heavy atom. The molecule has 1 saturated heterocycles. The third-order valence-corrected chi connectivity index (χ3v) is 5.92. The highest BCUT2D eigenvalue weighted by Crippen LogP contribution is 2.33. The smallest absolute Gasteiger partial charge is 0.321 e. The van der Waals surface area contributed by atoms with Gasteiger partial charge in [0.15, 0.2) is 11.5 Å². The molecule has 8 nitrogen and oxygen atoms in total. The number of anilines is 1. The van der Waals surface area contributed by atoms with E-state index in [9.17, 15) is 9.59 Å². The van der Waals surface area contributed by atoms with Gasteiger partial charge in [0.2, 0.25) is 0 Å². The van der Waals surface area contributed by atoms with E-state index >= 15 is 0 Å². The van der Waals surface area contributed by atoms with E-state index in [0.717, 1.165) is 0 Å². The second-order valence-electron chi connectivity index (χ2n) is 7.63. The van der Waals surface area contributed by atoms with Gasteiger partial charge in [0.1, 0.15) is 13.2 Å². The second kappa shape index (κ2) is 8.11. The maximum absolute atomic E-state index is 12.9. The van der Waals surface area contributed by atoms with Crippen molar-refractivity contribution in [2.45, 2.75) is 18.9 Å². The van der Waals surface area contributed by atoms with Crippen LogP contribution in [0, 0.1) is 0 Å². The average molecular weight is 441 g/mol. The summed E-state index contributed by atoms with van der Waals surface area (Å²) in [5, 5.41) is 3.93. The summed E-state index contributed by atoms with van der Waals surface area (Å²) in [4.78, 5) is 31.8. The topological polar surface area (TPSA) is 85.7 Å². The van der Waals surface area contributed by atoms with Gasteiger partial charge in [-0.1, -0.05) is 11.6 Å². The number of carbonyl (C=O) groups excluding carboxylic acids is 1. The zero-order valence-corrected chi connectivity index (χ0v) is 17.5. The number of hydrogen-bond acceptors (Lipinski definition) is 5. The molecule has 31 heavy (non-hydrogen) atoms. The van der Waals surface area contributed by atoms with Gasteiger partial charge in [-0.05, 0) is 43.2 Å². The first-order chi connectivity index (χ1) is 15.1. The van der Waals surface area contributed by atoms with Crippen molar-refractivity contribution >= 4 is 34.2 Å². The molecule has 3 heterocycles. The number of ether oxygens (including phenoxy) is 2. The van der Waals surface area contributed by atoms with Crippen molar-refractivity contribution in [1.29, 1.82) is 0 Å². The number of hydrogen-bond donors (Lipinski definition) is 1. The van der Waals surface area contributed by atoms with E-state index in [4.69, 9.17) is 21.1 Å². The molecule has 0 saturated carbocycles. The van der Waals surface area contributed by atoms with Crippen LogP contribution in [0.2, 0.25) is 5.02 Å². The zero-order chi connectivity index (χ0) is 21.4. The highest BCUT2D eigenvalue weighted by molar-refractivity contribution is 6.31. The SMILES string of the molecule is O=C(Nc1ccc2c(c1)OCCO2)N1CCC(n2cnc3ccc(Cl)cc3c2=O)CC1. The van der Waals surface area contributed by atoms with Crippen molar-refractivity contribution in [2.24, 2.45) is 0 Å². The van der Waals surface area contributed by atoms with Crippen LogP contribution in [0.15, 0.2) is 47.5 Å². The summed E-state index contributed by atoms with van der Waals surface area (Å²) in [5.74, 6) is 1.31. The van der Waals surface area contributed by atoms with E-state index in [1.165, 1.54) is 0 Å². The molecule has 3 aromatic rings. The minimum Gasteiger partial charge on any atom is -0.486 e. The average Bonchev–Trinajstić information content (AvgIpc) is 2.80. The summed E-state index contributed by atoms with van der Waals surface area (Å²) in [6.07, 6.45) is 2.93. The van der Waals surface area contributed by atoms with Crippen LogP contribution in [-0.4, -0.2) is 46.8 Å². The van der Waals surface area contributed by atoms with Gasteiger partial charge in [-0.2, -0.15) is 0 Å².